The first-order valence-electron chi connectivity index (χ1n) is 8.75. The molecule has 0 unspecified atom stereocenters. The second-order valence-corrected chi connectivity index (χ2v) is 6.50. The lowest BCUT2D eigenvalue weighted by Crippen LogP contribution is -2.39. The predicted molar refractivity (Wildman–Crippen MR) is 101 cm³/mol. The summed E-state index contributed by atoms with van der Waals surface area (Å²) in [5.41, 5.74) is 1.65. The summed E-state index contributed by atoms with van der Waals surface area (Å²) < 4.78 is 13.1. The van der Waals surface area contributed by atoms with Gasteiger partial charge in [-0.15, -0.1) is 0 Å². The van der Waals surface area contributed by atoms with Gasteiger partial charge in [0.1, 0.15) is 5.82 Å². The number of nitrogens with zero attached hydrogens (tertiary/aromatic N) is 2. The van der Waals surface area contributed by atoms with E-state index < -0.39 is 0 Å². The van der Waals surface area contributed by atoms with Gasteiger partial charge < -0.3 is 9.80 Å². The van der Waals surface area contributed by atoms with Gasteiger partial charge in [-0.3, -0.25) is 9.59 Å². The smallest absolute Gasteiger partial charge is 0.224 e. The molecule has 0 aliphatic heterocycles. The average Bonchev–Trinajstić information content (AvgIpc) is 2.61. The van der Waals surface area contributed by atoms with Crippen LogP contribution in [0.4, 0.5) is 10.1 Å². The third-order valence-corrected chi connectivity index (χ3v) is 4.21. The number of amides is 2. The Hall–Kier alpha value is -2.69. The third-order valence-electron chi connectivity index (χ3n) is 4.21. The Labute approximate surface area is 154 Å². The molecule has 2 rings (SSSR count). The molecule has 26 heavy (non-hydrogen) atoms. The Bertz CT molecular complexity index is 729. The normalized spacial score (nSPS) is 10.7. The Morgan fingerprint density at radius 3 is 2.15 bits per heavy atom. The number of hydrogen-bond acceptors (Lipinski definition) is 2. The number of carbonyl (C=O) groups excluding carboxylic acids is 2. The summed E-state index contributed by atoms with van der Waals surface area (Å²) in [6, 6.07) is 15.6. The van der Waals surface area contributed by atoms with E-state index in [-0.39, 0.29) is 36.6 Å². The van der Waals surface area contributed by atoms with Crippen LogP contribution in [0.25, 0.3) is 0 Å². The van der Waals surface area contributed by atoms with E-state index in [1.807, 2.05) is 44.2 Å². The first kappa shape index (κ1) is 19.6. The van der Waals surface area contributed by atoms with Crippen molar-refractivity contribution in [1.29, 1.82) is 0 Å². The standard InChI is InChI=1S/C21H25FN2O2/c1-16(2)24(15-18-7-5-4-6-8-18)21(26)13-14-23(17(3)25)20-11-9-19(22)10-12-20/h4-12,16H,13-15H2,1-3H3. The maximum absolute atomic E-state index is 13.1. The molecule has 0 N–H and O–H groups in total. The van der Waals surface area contributed by atoms with Gasteiger partial charge in [0.25, 0.3) is 0 Å². The van der Waals surface area contributed by atoms with Gasteiger partial charge in [-0.25, -0.2) is 4.39 Å². The molecule has 2 amide bonds. The Morgan fingerprint density at radius 1 is 1.00 bits per heavy atom. The van der Waals surface area contributed by atoms with Gasteiger partial charge in [0.15, 0.2) is 0 Å². The molecular formula is C21H25FN2O2. The largest absolute Gasteiger partial charge is 0.336 e. The lowest BCUT2D eigenvalue weighted by molar-refractivity contribution is -0.133. The first-order valence-corrected chi connectivity index (χ1v) is 8.75. The quantitative estimate of drug-likeness (QED) is 0.752. The van der Waals surface area contributed by atoms with Crippen LogP contribution in [0.15, 0.2) is 54.6 Å². The number of carbonyl (C=O) groups is 2. The molecule has 0 atom stereocenters. The lowest BCUT2D eigenvalue weighted by atomic mass is 10.1. The summed E-state index contributed by atoms with van der Waals surface area (Å²) in [6.45, 7) is 6.19. The van der Waals surface area contributed by atoms with Crippen LogP contribution < -0.4 is 4.90 Å². The van der Waals surface area contributed by atoms with Gasteiger partial charge in [0.2, 0.25) is 11.8 Å². The van der Waals surface area contributed by atoms with Crippen molar-refractivity contribution in [3.05, 3.63) is 66.0 Å². The molecule has 0 fully saturated rings. The van der Waals surface area contributed by atoms with Gasteiger partial charge in [-0.05, 0) is 43.7 Å². The zero-order valence-electron chi connectivity index (χ0n) is 15.5. The number of anilines is 1. The fourth-order valence-corrected chi connectivity index (χ4v) is 2.78. The molecule has 0 saturated carbocycles. The Morgan fingerprint density at radius 2 is 1.62 bits per heavy atom. The van der Waals surface area contributed by atoms with Crippen LogP contribution in [0.5, 0.6) is 0 Å². The Balaban J connectivity index is 2.05. The topological polar surface area (TPSA) is 40.6 Å². The molecule has 0 radical (unpaired) electrons. The van der Waals surface area contributed by atoms with Crippen LogP contribution in [0, 0.1) is 5.82 Å². The minimum Gasteiger partial charge on any atom is -0.336 e. The first-order chi connectivity index (χ1) is 12.4. The van der Waals surface area contributed by atoms with Crippen molar-refractivity contribution < 1.29 is 14.0 Å². The minimum atomic E-state index is -0.359. The zero-order valence-corrected chi connectivity index (χ0v) is 15.5. The fraction of sp³-hybridized carbons (Fsp3) is 0.333. The van der Waals surface area contributed by atoms with Crippen molar-refractivity contribution in [3.8, 4) is 0 Å². The van der Waals surface area contributed by atoms with Crippen LogP contribution in [0.1, 0.15) is 32.8 Å². The Kier molecular flexibility index (Phi) is 6.89. The highest BCUT2D eigenvalue weighted by Gasteiger charge is 2.20. The number of halogens is 1. The van der Waals surface area contributed by atoms with E-state index >= 15 is 0 Å². The maximum atomic E-state index is 13.1. The van der Waals surface area contributed by atoms with Gasteiger partial charge in [-0.2, -0.15) is 0 Å². The van der Waals surface area contributed by atoms with E-state index in [0.29, 0.717) is 12.2 Å². The van der Waals surface area contributed by atoms with E-state index in [9.17, 15) is 14.0 Å². The maximum Gasteiger partial charge on any atom is 0.224 e. The van der Waals surface area contributed by atoms with Crippen molar-refractivity contribution >= 4 is 17.5 Å². The van der Waals surface area contributed by atoms with Gasteiger partial charge >= 0.3 is 0 Å². The highest BCUT2D eigenvalue weighted by Crippen LogP contribution is 2.17. The molecule has 0 aromatic heterocycles. The molecule has 5 heteroatoms. The average molecular weight is 356 g/mol. The molecule has 0 bridgehead atoms. The van der Waals surface area contributed by atoms with Crippen molar-refractivity contribution in [2.24, 2.45) is 0 Å². The highest BCUT2D eigenvalue weighted by atomic mass is 19.1. The summed E-state index contributed by atoms with van der Waals surface area (Å²) in [7, 11) is 0. The van der Waals surface area contributed by atoms with E-state index in [0.717, 1.165) is 5.56 Å². The number of hydrogen-bond donors (Lipinski definition) is 0. The summed E-state index contributed by atoms with van der Waals surface area (Å²) >= 11 is 0. The molecule has 2 aromatic carbocycles. The van der Waals surface area contributed by atoms with Crippen LogP contribution >= 0.6 is 0 Å². The van der Waals surface area contributed by atoms with Crippen LogP contribution in [-0.2, 0) is 16.1 Å². The van der Waals surface area contributed by atoms with Crippen molar-refractivity contribution in [3.63, 3.8) is 0 Å². The minimum absolute atomic E-state index is 0.0165. The van der Waals surface area contributed by atoms with E-state index in [4.69, 9.17) is 0 Å². The van der Waals surface area contributed by atoms with Crippen molar-refractivity contribution in [1.82, 2.24) is 4.90 Å². The molecule has 2 aromatic rings. The second-order valence-electron chi connectivity index (χ2n) is 6.50. The predicted octanol–water partition coefficient (Wildman–Crippen LogP) is 4.01. The van der Waals surface area contributed by atoms with Crippen LogP contribution in [0.2, 0.25) is 0 Å². The summed E-state index contributed by atoms with van der Waals surface area (Å²) in [4.78, 5) is 28.0. The monoisotopic (exact) mass is 356 g/mol. The SMILES string of the molecule is CC(=O)N(CCC(=O)N(Cc1ccccc1)C(C)C)c1ccc(F)cc1. The van der Waals surface area contributed by atoms with Crippen molar-refractivity contribution in [2.45, 2.75) is 39.8 Å². The second kappa shape index (κ2) is 9.13. The molecule has 0 heterocycles. The van der Waals surface area contributed by atoms with Gasteiger partial charge in [0, 0.05) is 38.2 Å². The van der Waals surface area contributed by atoms with Crippen LogP contribution in [0.3, 0.4) is 0 Å². The van der Waals surface area contributed by atoms with Gasteiger partial charge in [-0.1, -0.05) is 30.3 Å². The molecule has 138 valence electrons. The number of rotatable bonds is 7. The van der Waals surface area contributed by atoms with Crippen molar-refractivity contribution in [2.75, 3.05) is 11.4 Å². The fourth-order valence-electron chi connectivity index (χ4n) is 2.78. The molecule has 0 spiro atoms. The van der Waals surface area contributed by atoms with E-state index in [2.05, 4.69) is 0 Å². The van der Waals surface area contributed by atoms with E-state index in [1.54, 1.807) is 17.0 Å². The molecular weight excluding hydrogens is 331 g/mol. The van der Waals surface area contributed by atoms with Gasteiger partial charge in [0.05, 0.1) is 0 Å². The third kappa shape index (κ3) is 5.41. The lowest BCUT2D eigenvalue weighted by Gasteiger charge is -2.28. The highest BCUT2D eigenvalue weighted by molar-refractivity contribution is 5.92. The number of benzene rings is 2. The molecule has 0 saturated heterocycles. The van der Waals surface area contributed by atoms with Crippen LogP contribution in [-0.4, -0.2) is 29.3 Å². The summed E-state index contributed by atoms with van der Waals surface area (Å²) in [5, 5.41) is 0. The summed E-state index contributed by atoms with van der Waals surface area (Å²) in [6.07, 6.45) is 0.210. The van der Waals surface area contributed by atoms with E-state index in [1.165, 1.54) is 24.0 Å². The molecule has 0 aliphatic rings. The molecule has 4 nitrogen and oxygen atoms in total. The molecule has 0 aliphatic carbocycles. The summed E-state index contributed by atoms with van der Waals surface area (Å²) in [5.74, 6) is -0.553. The zero-order chi connectivity index (χ0) is 19.1.